The van der Waals surface area contributed by atoms with Crippen LogP contribution in [0.15, 0.2) is 24.3 Å². The van der Waals surface area contributed by atoms with Crippen LogP contribution in [0.1, 0.15) is 59.3 Å². The van der Waals surface area contributed by atoms with Gasteiger partial charge in [0.15, 0.2) is 0 Å². The van der Waals surface area contributed by atoms with Crippen LogP contribution in [-0.2, 0) is 4.74 Å². The van der Waals surface area contributed by atoms with Crippen LogP contribution in [0.4, 0.5) is 0 Å². The van der Waals surface area contributed by atoms with Gasteiger partial charge in [0.2, 0.25) is 0 Å². The zero-order chi connectivity index (χ0) is 14.1. The zero-order valence-corrected chi connectivity index (χ0v) is 12.8. The Kier molecular flexibility index (Phi) is 7.40. The summed E-state index contributed by atoms with van der Waals surface area (Å²) in [5, 5.41) is 10.3. The number of hydrogen-bond acceptors (Lipinski definition) is 2. The number of allylic oxidation sites excluding steroid dienone is 4. The maximum atomic E-state index is 10.3. The molecule has 2 nitrogen and oxygen atoms in total. The molecule has 2 unspecified atom stereocenters. The maximum absolute atomic E-state index is 10.3. The monoisotopic (exact) mass is 266 g/mol. The van der Waals surface area contributed by atoms with Crippen molar-refractivity contribution in [2.75, 3.05) is 6.61 Å². The second kappa shape index (κ2) is 8.55. The smallest absolute Gasteiger partial charge is 0.0837 e. The van der Waals surface area contributed by atoms with Gasteiger partial charge in [0.05, 0.1) is 18.8 Å². The summed E-state index contributed by atoms with van der Waals surface area (Å²) in [5.41, 5.74) is 0.152. The van der Waals surface area contributed by atoms with Crippen molar-refractivity contribution in [2.24, 2.45) is 5.41 Å². The van der Waals surface area contributed by atoms with E-state index in [0.717, 1.165) is 38.5 Å². The summed E-state index contributed by atoms with van der Waals surface area (Å²) < 4.78 is 5.96. The first-order valence-corrected chi connectivity index (χ1v) is 7.59. The van der Waals surface area contributed by atoms with Crippen molar-refractivity contribution < 1.29 is 9.84 Å². The van der Waals surface area contributed by atoms with E-state index < -0.39 is 0 Å². The third-order valence-electron chi connectivity index (χ3n) is 3.24. The van der Waals surface area contributed by atoms with Gasteiger partial charge in [0, 0.05) is 0 Å². The molecule has 2 atom stereocenters. The molecule has 0 aromatic rings. The standard InChI is InChI=1S/C17H30O2/c1-17(2,3)14-19-16-13-11-9-7-5-4-6-8-10-12-15(16)18/h6-9,15-16,18H,4-5,10-14H2,1-3H3. The first-order valence-electron chi connectivity index (χ1n) is 7.59. The highest BCUT2D eigenvalue weighted by Crippen LogP contribution is 2.19. The molecular weight excluding hydrogens is 236 g/mol. The van der Waals surface area contributed by atoms with Gasteiger partial charge in [-0.3, -0.25) is 0 Å². The summed E-state index contributed by atoms with van der Waals surface area (Å²) in [4.78, 5) is 0. The van der Waals surface area contributed by atoms with E-state index in [1.165, 1.54) is 0 Å². The van der Waals surface area contributed by atoms with Gasteiger partial charge in [-0.25, -0.2) is 0 Å². The lowest BCUT2D eigenvalue weighted by Gasteiger charge is -2.27. The SMILES string of the molecule is CC(C)(C)COC1CCC=CCCC=CCCC1O. The second-order valence-corrected chi connectivity index (χ2v) is 6.65. The van der Waals surface area contributed by atoms with Gasteiger partial charge in [-0.15, -0.1) is 0 Å². The molecule has 0 fully saturated rings. The highest BCUT2D eigenvalue weighted by molar-refractivity contribution is 4.90. The number of rotatable bonds is 2. The molecule has 110 valence electrons. The van der Waals surface area contributed by atoms with E-state index in [1.807, 2.05) is 0 Å². The Morgan fingerprint density at radius 1 is 0.947 bits per heavy atom. The molecule has 2 heteroatoms. The lowest BCUT2D eigenvalue weighted by atomic mass is 9.97. The van der Waals surface area contributed by atoms with Crippen LogP contribution in [0.5, 0.6) is 0 Å². The topological polar surface area (TPSA) is 29.5 Å². The Morgan fingerprint density at radius 2 is 1.47 bits per heavy atom. The van der Waals surface area contributed by atoms with Gasteiger partial charge in [0.25, 0.3) is 0 Å². The predicted octanol–water partition coefficient (Wildman–Crippen LogP) is 4.25. The van der Waals surface area contributed by atoms with E-state index >= 15 is 0 Å². The third kappa shape index (κ3) is 8.22. The Balaban J connectivity index is 2.52. The Hall–Kier alpha value is -0.600. The van der Waals surface area contributed by atoms with Crippen LogP contribution in [0, 0.1) is 5.41 Å². The van der Waals surface area contributed by atoms with E-state index in [-0.39, 0.29) is 17.6 Å². The molecular formula is C17H30O2. The predicted molar refractivity (Wildman–Crippen MR) is 81.2 cm³/mol. The molecule has 0 aromatic carbocycles. The molecule has 0 heterocycles. The Bertz CT molecular complexity index is 286. The fourth-order valence-electron chi connectivity index (χ4n) is 2.12. The third-order valence-corrected chi connectivity index (χ3v) is 3.24. The summed E-state index contributed by atoms with van der Waals surface area (Å²) in [6, 6.07) is 0. The summed E-state index contributed by atoms with van der Waals surface area (Å²) >= 11 is 0. The lowest BCUT2D eigenvalue weighted by molar-refractivity contribution is -0.0654. The second-order valence-electron chi connectivity index (χ2n) is 6.65. The van der Waals surface area contributed by atoms with Crippen LogP contribution in [0.25, 0.3) is 0 Å². The van der Waals surface area contributed by atoms with Gasteiger partial charge in [-0.2, -0.15) is 0 Å². The van der Waals surface area contributed by atoms with Crippen molar-refractivity contribution >= 4 is 0 Å². The van der Waals surface area contributed by atoms with Crippen molar-refractivity contribution in [3.05, 3.63) is 24.3 Å². The van der Waals surface area contributed by atoms with Crippen LogP contribution < -0.4 is 0 Å². The summed E-state index contributed by atoms with van der Waals surface area (Å²) in [6.07, 6.45) is 14.3. The highest BCUT2D eigenvalue weighted by atomic mass is 16.5. The van der Waals surface area contributed by atoms with E-state index in [0.29, 0.717) is 6.61 Å². The summed E-state index contributed by atoms with van der Waals surface area (Å²) in [5.74, 6) is 0. The fraction of sp³-hybridized carbons (Fsp3) is 0.765. The molecule has 0 bridgehead atoms. The molecule has 1 aliphatic rings. The first kappa shape index (κ1) is 16.5. The van der Waals surface area contributed by atoms with Gasteiger partial charge in [-0.1, -0.05) is 45.1 Å². The molecule has 0 amide bonds. The molecule has 0 spiro atoms. The van der Waals surface area contributed by atoms with Crippen molar-refractivity contribution in [2.45, 2.75) is 71.5 Å². The van der Waals surface area contributed by atoms with Gasteiger partial charge < -0.3 is 9.84 Å². The molecule has 0 saturated carbocycles. The van der Waals surface area contributed by atoms with Gasteiger partial charge in [-0.05, 0) is 43.9 Å². The van der Waals surface area contributed by atoms with Crippen LogP contribution >= 0.6 is 0 Å². The minimum Gasteiger partial charge on any atom is -0.390 e. The minimum absolute atomic E-state index is 0.0308. The highest BCUT2D eigenvalue weighted by Gasteiger charge is 2.21. The summed E-state index contributed by atoms with van der Waals surface area (Å²) in [7, 11) is 0. The quantitative estimate of drug-likeness (QED) is 0.757. The van der Waals surface area contributed by atoms with Crippen molar-refractivity contribution in [1.82, 2.24) is 0 Å². The lowest BCUT2D eigenvalue weighted by Crippen LogP contribution is -2.32. The maximum Gasteiger partial charge on any atom is 0.0837 e. The van der Waals surface area contributed by atoms with Gasteiger partial charge in [0.1, 0.15) is 0 Å². The Labute approximate surface area is 118 Å². The first-order chi connectivity index (χ1) is 8.99. The van der Waals surface area contributed by atoms with E-state index in [4.69, 9.17) is 4.74 Å². The zero-order valence-electron chi connectivity index (χ0n) is 12.8. The fourth-order valence-corrected chi connectivity index (χ4v) is 2.12. The average Bonchev–Trinajstić information content (AvgIpc) is 2.31. The number of ether oxygens (including phenoxy) is 1. The largest absolute Gasteiger partial charge is 0.390 e. The number of aliphatic hydroxyl groups excluding tert-OH is 1. The normalized spacial score (nSPS) is 26.7. The summed E-state index contributed by atoms with van der Waals surface area (Å²) in [6.45, 7) is 7.19. The molecule has 1 N–H and O–H groups in total. The molecule has 0 saturated heterocycles. The molecule has 0 radical (unpaired) electrons. The minimum atomic E-state index is -0.347. The van der Waals surface area contributed by atoms with Crippen molar-refractivity contribution in [3.8, 4) is 0 Å². The molecule has 0 aliphatic heterocycles. The average molecular weight is 266 g/mol. The van der Waals surface area contributed by atoms with Gasteiger partial charge >= 0.3 is 0 Å². The molecule has 0 aromatic heterocycles. The number of hydrogen-bond donors (Lipinski definition) is 1. The molecule has 1 rings (SSSR count). The Morgan fingerprint density at radius 3 is 2.05 bits per heavy atom. The van der Waals surface area contributed by atoms with Crippen LogP contribution in [0.2, 0.25) is 0 Å². The van der Waals surface area contributed by atoms with E-state index in [1.54, 1.807) is 0 Å². The molecule has 1 aliphatic carbocycles. The van der Waals surface area contributed by atoms with Crippen molar-refractivity contribution in [3.63, 3.8) is 0 Å². The van der Waals surface area contributed by atoms with Crippen molar-refractivity contribution in [1.29, 1.82) is 0 Å². The van der Waals surface area contributed by atoms with E-state index in [9.17, 15) is 5.11 Å². The molecule has 19 heavy (non-hydrogen) atoms. The number of aliphatic hydroxyl groups is 1. The van der Waals surface area contributed by atoms with Crippen LogP contribution in [-0.4, -0.2) is 23.9 Å². The van der Waals surface area contributed by atoms with Crippen LogP contribution in [0.3, 0.4) is 0 Å². The van der Waals surface area contributed by atoms with E-state index in [2.05, 4.69) is 45.1 Å².